The van der Waals surface area contributed by atoms with E-state index in [9.17, 15) is 9.90 Å². The summed E-state index contributed by atoms with van der Waals surface area (Å²) in [5.74, 6) is -0.699. The molecular formula is C12H21NO3S. The van der Waals surface area contributed by atoms with E-state index in [0.29, 0.717) is 10.5 Å². The first-order valence-electron chi connectivity index (χ1n) is 6.32. The summed E-state index contributed by atoms with van der Waals surface area (Å²) in [6, 6.07) is 0. The highest BCUT2D eigenvalue weighted by Crippen LogP contribution is 2.40. The quantitative estimate of drug-likeness (QED) is 0.801. The average Bonchev–Trinajstić information content (AvgIpc) is 2.75. The Balaban J connectivity index is 1.86. The van der Waals surface area contributed by atoms with Gasteiger partial charge in [0.2, 0.25) is 0 Å². The molecule has 5 heteroatoms. The second kappa shape index (κ2) is 5.59. The summed E-state index contributed by atoms with van der Waals surface area (Å²) < 4.78 is 5.34. The summed E-state index contributed by atoms with van der Waals surface area (Å²) in [6.07, 6.45) is 4.73. The van der Waals surface area contributed by atoms with Gasteiger partial charge < -0.3 is 15.2 Å². The van der Waals surface area contributed by atoms with Crippen LogP contribution >= 0.6 is 11.8 Å². The van der Waals surface area contributed by atoms with Crippen LogP contribution in [0.1, 0.15) is 32.1 Å². The molecule has 17 heavy (non-hydrogen) atoms. The molecule has 2 atom stereocenters. The van der Waals surface area contributed by atoms with Gasteiger partial charge in [-0.1, -0.05) is 0 Å². The van der Waals surface area contributed by atoms with Gasteiger partial charge >= 0.3 is 5.97 Å². The van der Waals surface area contributed by atoms with Gasteiger partial charge in [0, 0.05) is 23.7 Å². The highest BCUT2D eigenvalue weighted by molar-refractivity contribution is 8.00. The first-order valence-corrected chi connectivity index (χ1v) is 7.26. The van der Waals surface area contributed by atoms with E-state index < -0.39 is 11.5 Å². The van der Waals surface area contributed by atoms with E-state index in [1.807, 2.05) is 11.8 Å². The molecule has 0 amide bonds. The lowest BCUT2D eigenvalue weighted by molar-refractivity contribution is -0.144. The molecule has 1 aliphatic heterocycles. The predicted octanol–water partition coefficient (Wildman–Crippen LogP) is 1.49. The molecule has 2 N–H and O–H groups in total. The first-order chi connectivity index (χ1) is 8.16. The number of carbonyl (C=O) groups is 1. The number of carboxylic acids is 1. The minimum Gasteiger partial charge on any atom is -0.480 e. The molecule has 1 saturated carbocycles. The molecule has 0 aromatic rings. The molecule has 0 aromatic heterocycles. The van der Waals surface area contributed by atoms with Crippen molar-refractivity contribution in [1.82, 2.24) is 5.32 Å². The Morgan fingerprint density at radius 3 is 2.59 bits per heavy atom. The molecular weight excluding hydrogens is 238 g/mol. The molecule has 2 fully saturated rings. The van der Waals surface area contributed by atoms with Gasteiger partial charge in [-0.05, 0) is 39.2 Å². The highest BCUT2D eigenvalue weighted by Gasteiger charge is 2.44. The summed E-state index contributed by atoms with van der Waals surface area (Å²) in [5.41, 5.74) is -0.678. The summed E-state index contributed by atoms with van der Waals surface area (Å²) in [4.78, 5) is 11.3. The van der Waals surface area contributed by atoms with E-state index in [1.54, 1.807) is 7.05 Å². The standard InChI is InChI=1S/C12H21NO3S/c1-13-12(11(14)15)5-2-10(8-12)17-9-3-6-16-7-4-9/h9-10,13H,2-8H2,1H3,(H,14,15). The van der Waals surface area contributed by atoms with Crippen molar-refractivity contribution < 1.29 is 14.6 Å². The van der Waals surface area contributed by atoms with Gasteiger partial charge in [-0.2, -0.15) is 11.8 Å². The fraction of sp³-hybridized carbons (Fsp3) is 0.917. The van der Waals surface area contributed by atoms with E-state index in [4.69, 9.17) is 4.74 Å². The smallest absolute Gasteiger partial charge is 0.323 e. The van der Waals surface area contributed by atoms with Gasteiger partial charge in [0.25, 0.3) is 0 Å². The molecule has 0 aromatic carbocycles. The lowest BCUT2D eigenvalue weighted by Gasteiger charge is -2.26. The summed E-state index contributed by atoms with van der Waals surface area (Å²) in [7, 11) is 1.76. The van der Waals surface area contributed by atoms with E-state index >= 15 is 0 Å². The Morgan fingerprint density at radius 2 is 2.06 bits per heavy atom. The van der Waals surface area contributed by atoms with Crippen LogP contribution in [0.3, 0.4) is 0 Å². The summed E-state index contributed by atoms with van der Waals surface area (Å²) >= 11 is 1.98. The van der Waals surface area contributed by atoms with Crippen LogP contribution < -0.4 is 5.32 Å². The van der Waals surface area contributed by atoms with Gasteiger partial charge in [0.05, 0.1) is 0 Å². The average molecular weight is 259 g/mol. The molecule has 1 aliphatic carbocycles. The number of hydrogen-bond donors (Lipinski definition) is 2. The molecule has 2 unspecified atom stereocenters. The zero-order valence-corrected chi connectivity index (χ0v) is 11.1. The third-order valence-corrected chi connectivity index (χ3v) is 5.55. The van der Waals surface area contributed by atoms with Gasteiger partial charge in [0.1, 0.15) is 5.54 Å². The van der Waals surface area contributed by atoms with Crippen LogP contribution in [0.15, 0.2) is 0 Å². The lowest BCUT2D eigenvalue weighted by Crippen LogP contribution is -2.48. The van der Waals surface area contributed by atoms with E-state index in [2.05, 4.69) is 5.32 Å². The molecule has 2 rings (SSSR count). The van der Waals surface area contributed by atoms with Crippen LogP contribution in [0, 0.1) is 0 Å². The first kappa shape index (κ1) is 13.2. The minimum atomic E-state index is -0.699. The van der Waals surface area contributed by atoms with Crippen molar-refractivity contribution in [2.24, 2.45) is 0 Å². The van der Waals surface area contributed by atoms with Crippen LogP contribution in [0.5, 0.6) is 0 Å². The topological polar surface area (TPSA) is 58.6 Å². The molecule has 1 saturated heterocycles. The Morgan fingerprint density at radius 1 is 1.35 bits per heavy atom. The number of rotatable bonds is 4. The van der Waals surface area contributed by atoms with Crippen molar-refractivity contribution >= 4 is 17.7 Å². The fourth-order valence-electron chi connectivity index (χ4n) is 2.73. The number of aliphatic carboxylic acids is 1. The van der Waals surface area contributed by atoms with E-state index in [0.717, 1.165) is 45.3 Å². The summed E-state index contributed by atoms with van der Waals surface area (Å²) in [5, 5.41) is 13.5. The molecule has 0 spiro atoms. The van der Waals surface area contributed by atoms with Gasteiger partial charge in [-0.15, -0.1) is 0 Å². The van der Waals surface area contributed by atoms with Crippen LogP contribution in [0.4, 0.5) is 0 Å². The molecule has 0 bridgehead atoms. The zero-order valence-electron chi connectivity index (χ0n) is 10.3. The van der Waals surface area contributed by atoms with Gasteiger partial charge in [0.15, 0.2) is 0 Å². The number of likely N-dealkylation sites (N-methyl/N-ethyl adjacent to an activating group) is 1. The number of carboxylic acid groups (broad SMARTS) is 1. The Kier molecular flexibility index (Phi) is 4.33. The maximum absolute atomic E-state index is 11.3. The predicted molar refractivity (Wildman–Crippen MR) is 68.5 cm³/mol. The number of ether oxygens (including phenoxy) is 1. The third kappa shape index (κ3) is 2.95. The normalized spacial score (nSPS) is 35.0. The largest absolute Gasteiger partial charge is 0.480 e. The van der Waals surface area contributed by atoms with Crippen LogP contribution in [0.25, 0.3) is 0 Å². The fourth-order valence-corrected chi connectivity index (χ4v) is 4.37. The summed E-state index contributed by atoms with van der Waals surface area (Å²) in [6.45, 7) is 1.72. The second-order valence-corrected chi connectivity index (χ2v) is 6.56. The van der Waals surface area contributed by atoms with Crippen LogP contribution in [-0.2, 0) is 9.53 Å². The monoisotopic (exact) mass is 259 g/mol. The van der Waals surface area contributed by atoms with Crippen LogP contribution in [-0.4, -0.2) is 47.4 Å². The maximum atomic E-state index is 11.3. The minimum absolute atomic E-state index is 0.488. The molecule has 1 heterocycles. The Labute approximate surface area is 106 Å². The lowest BCUT2D eigenvalue weighted by atomic mass is 9.99. The maximum Gasteiger partial charge on any atom is 0.323 e. The number of thioether (sulfide) groups is 1. The molecule has 98 valence electrons. The van der Waals surface area contributed by atoms with Crippen molar-refractivity contribution in [2.45, 2.75) is 48.1 Å². The van der Waals surface area contributed by atoms with Crippen LogP contribution in [0.2, 0.25) is 0 Å². The molecule has 4 nitrogen and oxygen atoms in total. The van der Waals surface area contributed by atoms with Crippen molar-refractivity contribution in [1.29, 1.82) is 0 Å². The van der Waals surface area contributed by atoms with Gasteiger partial charge in [-0.3, -0.25) is 4.79 Å². The van der Waals surface area contributed by atoms with E-state index in [-0.39, 0.29) is 0 Å². The van der Waals surface area contributed by atoms with Crippen molar-refractivity contribution in [3.05, 3.63) is 0 Å². The number of nitrogens with one attached hydrogen (secondary N) is 1. The van der Waals surface area contributed by atoms with Crippen molar-refractivity contribution in [3.63, 3.8) is 0 Å². The van der Waals surface area contributed by atoms with Crippen molar-refractivity contribution in [3.8, 4) is 0 Å². The second-order valence-electron chi connectivity index (χ2n) is 4.95. The van der Waals surface area contributed by atoms with E-state index in [1.165, 1.54) is 0 Å². The van der Waals surface area contributed by atoms with Gasteiger partial charge in [-0.25, -0.2) is 0 Å². The zero-order chi connectivity index (χ0) is 12.3. The highest BCUT2D eigenvalue weighted by atomic mass is 32.2. The Bertz CT molecular complexity index is 281. The third-order valence-electron chi connectivity index (χ3n) is 3.91. The Hall–Kier alpha value is -0.260. The number of hydrogen-bond acceptors (Lipinski definition) is 4. The SMILES string of the molecule is CNC1(C(=O)O)CCC(SC2CCOCC2)C1. The molecule has 2 aliphatic rings. The van der Waals surface area contributed by atoms with Crippen molar-refractivity contribution in [2.75, 3.05) is 20.3 Å². The molecule has 0 radical (unpaired) electrons.